The SMILES string of the molecule is CCCNCC(C)CSc1ccccc1OC. The molecule has 0 aliphatic rings. The summed E-state index contributed by atoms with van der Waals surface area (Å²) in [6, 6.07) is 8.21. The van der Waals surface area contributed by atoms with E-state index in [2.05, 4.69) is 31.3 Å². The van der Waals surface area contributed by atoms with E-state index in [9.17, 15) is 0 Å². The van der Waals surface area contributed by atoms with Crippen LogP contribution in [0, 0.1) is 5.92 Å². The standard InChI is InChI=1S/C14H23NOS/c1-4-9-15-10-12(2)11-17-14-8-6-5-7-13(14)16-3/h5-8,12,15H,4,9-11H2,1-3H3. The lowest BCUT2D eigenvalue weighted by Crippen LogP contribution is -2.23. The van der Waals surface area contributed by atoms with Gasteiger partial charge < -0.3 is 10.1 Å². The number of thioether (sulfide) groups is 1. The molecule has 0 aromatic heterocycles. The van der Waals surface area contributed by atoms with E-state index in [1.165, 1.54) is 11.3 Å². The van der Waals surface area contributed by atoms with Crippen molar-refractivity contribution in [2.45, 2.75) is 25.2 Å². The van der Waals surface area contributed by atoms with Gasteiger partial charge in [0.2, 0.25) is 0 Å². The predicted molar refractivity (Wildman–Crippen MR) is 76.0 cm³/mol. The van der Waals surface area contributed by atoms with Crippen LogP contribution in [-0.2, 0) is 0 Å². The van der Waals surface area contributed by atoms with Gasteiger partial charge in [-0.3, -0.25) is 0 Å². The lowest BCUT2D eigenvalue weighted by atomic mass is 10.2. The van der Waals surface area contributed by atoms with Gasteiger partial charge in [0.1, 0.15) is 5.75 Å². The first-order valence-corrected chi connectivity index (χ1v) is 7.23. The second kappa shape index (κ2) is 8.43. The lowest BCUT2D eigenvalue weighted by molar-refractivity contribution is 0.404. The van der Waals surface area contributed by atoms with Crippen molar-refractivity contribution in [1.29, 1.82) is 0 Å². The number of rotatable bonds is 8. The minimum absolute atomic E-state index is 0.677. The van der Waals surface area contributed by atoms with Crippen LogP contribution in [0.25, 0.3) is 0 Å². The number of hydrogen-bond donors (Lipinski definition) is 1. The lowest BCUT2D eigenvalue weighted by Gasteiger charge is -2.13. The number of para-hydroxylation sites is 1. The minimum atomic E-state index is 0.677. The molecule has 0 spiro atoms. The van der Waals surface area contributed by atoms with Gasteiger partial charge in [0.15, 0.2) is 0 Å². The van der Waals surface area contributed by atoms with Crippen LogP contribution in [-0.4, -0.2) is 26.0 Å². The van der Waals surface area contributed by atoms with Crippen LogP contribution in [0.15, 0.2) is 29.2 Å². The molecule has 1 atom stereocenters. The van der Waals surface area contributed by atoms with Crippen LogP contribution >= 0.6 is 11.8 Å². The fourth-order valence-electron chi connectivity index (χ4n) is 1.55. The van der Waals surface area contributed by atoms with Crippen molar-refractivity contribution in [3.05, 3.63) is 24.3 Å². The molecule has 1 rings (SSSR count). The Morgan fingerprint density at radius 1 is 1.35 bits per heavy atom. The maximum Gasteiger partial charge on any atom is 0.132 e. The van der Waals surface area contributed by atoms with Gasteiger partial charge in [0.05, 0.1) is 7.11 Å². The van der Waals surface area contributed by atoms with Gasteiger partial charge >= 0.3 is 0 Å². The zero-order chi connectivity index (χ0) is 12.5. The summed E-state index contributed by atoms with van der Waals surface area (Å²) in [7, 11) is 1.73. The Morgan fingerprint density at radius 3 is 2.82 bits per heavy atom. The summed E-state index contributed by atoms with van der Waals surface area (Å²) in [5.41, 5.74) is 0. The van der Waals surface area contributed by atoms with Gasteiger partial charge in [-0.2, -0.15) is 0 Å². The average molecular weight is 253 g/mol. The molecule has 1 N–H and O–H groups in total. The third kappa shape index (κ3) is 5.46. The Morgan fingerprint density at radius 2 is 2.12 bits per heavy atom. The van der Waals surface area contributed by atoms with E-state index in [0.717, 1.165) is 24.6 Å². The maximum atomic E-state index is 5.34. The number of nitrogens with one attached hydrogen (secondary N) is 1. The molecule has 0 aliphatic heterocycles. The molecule has 0 amide bonds. The molecule has 17 heavy (non-hydrogen) atoms. The van der Waals surface area contributed by atoms with Crippen LogP contribution in [0.2, 0.25) is 0 Å². The fourth-order valence-corrected chi connectivity index (χ4v) is 2.60. The van der Waals surface area contributed by atoms with Gasteiger partial charge in [-0.25, -0.2) is 0 Å². The minimum Gasteiger partial charge on any atom is -0.496 e. The third-order valence-electron chi connectivity index (χ3n) is 2.51. The third-order valence-corrected chi connectivity index (χ3v) is 3.90. The van der Waals surface area contributed by atoms with Crippen molar-refractivity contribution in [3.8, 4) is 5.75 Å². The Kier molecular flexibility index (Phi) is 7.13. The van der Waals surface area contributed by atoms with E-state index in [4.69, 9.17) is 4.74 Å². The van der Waals surface area contributed by atoms with E-state index in [1.54, 1.807) is 7.11 Å². The monoisotopic (exact) mass is 253 g/mol. The zero-order valence-corrected chi connectivity index (χ0v) is 11.8. The van der Waals surface area contributed by atoms with Gasteiger partial charge in [-0.05, 0) is 37.6 Å². The fraction of sp³-hybridized carbons (Fsp3) is 0.571. The molecule has 0 saturated carbocycles. The number of ether oxygens (including phenoxy) is 1. The summed E-state index contributed by atoms with van der Waals surface area (Å²) in [6.45, 7) is 6.69. The topological polar surface area (TPSA) is 21.3 Å². The van der Waals surface area contributed by atoms with Crippen molar-refractivity contribution in [2.75, 3.05) is 26.0 Å². The van der Waals surface area contributed by atoms with E-state index in [0.29, 0.717) is 5.92 Å². The first kappa shape index (κ1) is 14.4. The predicted octanol–water partition coefficient (Wildman–Crippen LogP) is 3.42. The van der Waals surface area contributed by atoms with Crippen LogP contribution in [0.1, 0.15) is 20.3 Å². The van der Waals surface area contributed by atoms with Gasteiger partial charge in [0.25, 0.3) is 0 Å². The second-order valence-electron chi connectivity index (χ2n) is 4.27. The molecule has 1 aromatic rings. The van der Waals surface area contributed by atoms with Crippen LogP contribution < -0.4 is 10.1 Å². The molecule has 0 fully saturated rings. The van der Waals surface area contributed by atoms with E-state index >= 15 is 0 Å². The second-order valence-corrected chi connectivity index (χ2v) is 5.33. The largest absolute Gasteiger partial charge is 0.496 e. The Hall–Kier alpha value is -0.670. The van der Waals surface area contributed by atoms with E-state index in [1.807, 2.05) is 23.9 Å². The Bertz CT molecular complexity index is 317. The van der Waals surface area contributed by atoms with Crippen molar-refractivity contribution in [1.82, 2.24) is 5.32 Å². The van der Waals surface area contributed by atoms with Gasteiger partial charge in [0, 0.05) is 10.6 Å². The molecule has 0 heterocycles. The van der Waals surface area contributed by atoms with Crippen molar-refractivity contribution in [3.63, 3.8) is 0 Å². The Labute approximate surface area is 109 Å². The van der Waals surface area contributed by atoms with Gasteiger partial charge in [-0.1, -0.05) is 26.0 Å². The molecule has 0 bridgehead atoms. The summed E-state index contributed by atoms with van der Waals surface area (Å²) in [4.78, 5) is 1.23. The highest BCUT2D eigenvalue weighted by atomic mass is 32.2. The first-order chi connectivity index (χ1) is 8.27. The van der Waals surface area contributed by atoms with E-state index < -0.39 is 0 Å². The highest BCUT2D eigenvalue weighted by Gasteiger charge is 2.06. The quantitative estimate of drug-likeness (QED) is 0.566. The first-order valence-electron chi connectivity index (χ1n) is 6.24. The smallest absolute Gasteiger partial charge is 0.132 e. The summed E-state index contributed by atoms with van der Waals surface area (Å²) in [5, 5.41) is 3.46. The highest BCUT2D eigenvalue weighted by molar-refractivity contribution is 7.99. The molecular weight excluding hydrogens is 230 g/mol. The maximum absolute atomic E-state index is 5.34. The average Bonchev–Trinajstić information content (AvgIpc) is 2.37. The Balaban J connectivity index is 2.33. The summed E-state index contributed by atoms with van der Waals surface area (Å²) in [6.07, 6.45) is 1.20. The number of benzene rings is 1. The molecule has 1 unspecified atom stereocenters. The molecule has 0 radical (unpaired) electrons. The molecular formula is C14H23NOS. The van der Waals surface area contributed by atoms with Crippen LogP contribution in [0.3, 0.4) is 0 Å². The summed E-state index contributed by atoms with van der Waals surface area (Å²) >= 11 is 1.87. The molecule has 3 heteroatoms. The summed E-state index contributed by atoms with van der Waals surface area (Å²) in [5.74, 6) is 2.78. The number of hydrogen-bond acceptors (Lipinski definition) is 3. The van der Waals surface area contributed by atoms with Crippen LogP contribution in [0.4, 0.5) is 0 Å². The van der Waals surface area contributed by atoms with Crippen molar-refractivity contribution in [2.24, 2.45) is 5.92 Å². The molecule has 0 saturated heterocycles. The van der Waals surface area contributed by atoms with Crippen LogP contribution in [0.5, 0.6) is 5.75 Å². The highest BCUT2D eigenvalue weighted by Crippen LogP contribution is 2.29. The summed E-state index contributed by atoms with van der Waals surface area (Å²) < 4.78 is 5.34. The molecule has 96 valence electrons. The van der Waals surface area contributed by atoms with E-state index in [-0.39, 0.29) is 0 Å². The molecule has 1 aromatic carbocycles. The number of methoxy groups -OCH3 is 1. The van der Waals surface area contributed by atoms with Gasteiger partial charge in [-0.15, -0.1) is 11.8 Å². The van der Waals surface area contributed by atoms with Crippen molar-refractivity contribution < 1.29 is 4.74 Å². The van der Waals surface area contributed by atoms with Crippen molar-refractivity contribution >= 4 is 11.8 Å². The molecule has 2 nitrogen and oxygen atoms in total. The molecule has 0 aliphatic carbocycles. The normalized spacial score (nSPS) is 12.4. The zero-order valence-electron chi connectivity index (χ0n) is 11.0.